The second-order valence-electron chi connectivity index (χ2n) is 3.64. The van der Waals surface area contributed by atoms with Gasteiger partial charge < -0.3 is 11.1 Å². The van der Waals surface area contributed by atoms with E-state index in [9.17, 15) is 4.79 Å². The van der Waals surface area contributed by atoms with Crippen molar-refractivity contribution in [1.29, 1.82) is 0 Å². The molecule has 0 bridgehead atoms. The Kier molecular flexibility index (Phi) is 4.46. The minimum atomic E-state index is -0.175. The summed E-state index contributed by atoms with van der Waals surface area (Å²) in [5, 5.41) is 5.31. The Labute approximate surface area is 117 Å². The summed E-state index contributed by atoms with van der Waals surface area (Å²) in [6.45, 7) is 0.845. The number of nitrogens with zero attached hydrogens (tertiary/aromatic N) is 1. The fourth-order valence-corrected chi connectivity index (χ4v) is 2.53. The number of benzene rings is 1. The summed E-state index contributed by atoms with van der Waals surface area (Å²) in [5.74, 6) is -0.175. The summed E-state index contributed by atoms with van der Waals surface area (Å²) >= 11 is 4.79. The lowest BCUT2D eigenvalue weighted by Gasteiger charge is -2.03. The van der Waals surface area contributed by atoms with E-state index in [-0.39, 0.29) is 5.91 Å². The minimum absolute atomic E-state index is 0.175. The molecule has 4 nitrogen and oxygen atoms in total. The van der Waals surface area contributed by atoms with Crippen LogP contribution < -0.4 is 11.1 Å². The van der Waals surface area contributed by atoms with Crippen molar-refractivity contribution in [1.82, 2.24) is 10.3 Å². The van der Waals surface area contributed by atoms with E-state index in [2.05, 4.69) is 26.2 Å². The maximum absolute atomic E-state index is 11.8. The smallest absolute Gasteiger partial charge is 0.271 e. The number of nitrogens with one attached hydrogen (secondary N) is 1. The van der Waals surface area contributed by atoms with Crippen molar-refractivity contribution in [2.24, 2.45) is 5.73 Å². The normalized spacial score (nSPS) is 10.3. The Balaban J connectivity index is 1.96. The van der Waals surface area contributed by atoms with E-state index in [1.54, 1.807) is 5.38 Å². The zero-order valence-corrected chi connectivity index (χ0v) is 11.9. The summed E-state index contributed by atoms with van der Waals surface area (Å²) in [6, 6.07) is 7.80. The largest absolute Gasteiger partial charge is 0.347 e. The molecule has 0 unspecified atom stereocenters. The summed E-state index contributed by atoms with van der Waals surface area (Å²) < 4.78 is 0.994. The van der Waals surface area contributed by atoms with Gasteiger partial charge in [0.15, 0.2) is 0 Å². The summed E-state index contributed by atoms with van der Waals surface area (Å²) in [4.78, 5) is 15.9. The van der Waals surface area contributed by atoms with Crippen LogP contribution in [0.3, 0.4) is 0 Å². The molecule has 1 heterocycles. The third-order valence-electron chi connectivity index (χ3n) is 2.30. The standard InChI is InChI=1S/C12H12BrN3OS/c13-9-3-1-2-8(4-9)6-15-12(17)10-7-18-11(5-14)16-10/h1-4,7H,5-6,14H2,(H,15,17). The van der Waals surface area contributed by atoms with Crippen molar-refractivity contribution in [3.8, 4) is 0 Å². The van der Waals surface area contributed by atoms with Crippen LogP contribution in [0.15, 0.2) is 34.1 Å². The van der Waals surface area contributed by atoms with Crippen LogP contribution >= 0.6 is 27.3 Å². The molecule has 3 N–H and O–H groups in total. The van der Waals surface area contributed by atoms with E-state index >= 15 is 0 Å². The zero-order valence-electron chi connectivity index (χ0n) is 9.52. The first kappa shape index (κ1) is 13.2. The molecule has 6 heteroatoms. The maximum atomic E-state index is 11.8. The topological polar surface area (TPSA) is 68.0 Å². The molecule has 94 valence electrons. The number of rotatable bonds is 4. The zero-order chi connectivity index (χ0) is 13.0. The van der Waals surface area contributed by atoms with Crippen LogP contribution in [-0.4, -0.2) is 10.9 Å². The van der Waals surface area contributed by atoms with Crippen LogP contribution in [0.5, 0.6) is 0 Å². The molecule has 0 spiro atoms. The van der Waals surface area contributed by atoms with Gasteiger partial charge >= 0.3 is 0 Å². The molecule has 1 aromatic heterocycles. The first-order valence-corrected chi connectivity index (χ1v) is 7.03. The van der Waals surface area contributed by atoms with E-state index in [0.29, 0.717) is 18.8 Å². The monoisotopic (exact) mass is 325 g/mol. The van der Waals surface area contributed by atoms with Crippen LogP contribution in [0.4, 0.5) is 0 Å². The van der Waals surface area contributed by atoms with Gasteiger partial charge in [-0.15, -0.1) is 11.3 Å². The Bertz CT molecular complexity index is 556. The molecule has 0 aliphatic rings. The highest BCUT2D eigenvalue weighted by Crippen LogP contribution is 2.12. The highest BCUT2D eigenvalue weighted by Gasteiger charge is 2.09. The molecular weight excluding hydrogens is 314 g/mol. The van der Waals surface area contributed by atoms with Crippen LogP contribution in [0.1, 0.15) is 21.1 Å². The second-order valence-corrected chi connectivity index (χ2v) is 5.50. The fourth-order valence-electron chi connectivity index (χ4n) is 1.43. The van der Waals surface area contributed by atoms with Crippen LogP contribution in [0.2, 0.25) is 0 Å². The lowest BCUT2D eigenvalue weighted by molar-refractivity contribution is 0.0946. The number of carbonyl (C=O) groups is 1. The number of hydrogen-bond acceptors (Lipinski definition) is 4. The molecule has 0 aliphatic heterocycles. The minimum Gasteiger partial charge on any atom is -0.347 e. The fraction of sp³-hybridized carbons (Fsp3) is 0.167. The lowest BCUT2D eigenvalue weighted by atomic mass is 10.2. The highest BCUT2D eigenvalue weighted by molar-refractivity contribution is 9.10. The Morgan fingerprint density at radius 2 is 2.33 bits per heavy atom. The summed E-state index contributed by atoms with van der Waals surface area (Å²) in [6.07, 6.45) is 0. The van der Waals surface area contributed by atoms with Gasteiger partial charge in [0, 0.05) is 22.9 Å². The Hall–Kier alpha value is -1.24. The van der Waals surface area contributed by atoms with E-state index in [4.69, 9.17) is 5.73 Å². The third kappa shape index (κ3) is 3.38. The van der Waals surface area contributed by atoms with Crippen molar-refractivity contribution in [2.45, 2.75) is 13.1 Å². The maximum Gasteiger partial charge on any atom is 0.271 e. The van der Waals surface area contributed by atoms with Crippen molar-refractivity contribution < 1.29 is 4.79 Å². The second kappa shape index (κ2) is 6.08. The van der Waals surface area contributed by atoms with Crippen LogP contribution in [0, 0.1) is 0 Å². The summed E-state index contributed by atoms with van der Waals surface area (Å²) in [7, 11) is 0. The number of thiazole rings is 1. The molecule has 0 saturated heterocycles. The number of hydrogen-bond donors (Lipinski definition) is 2. The summed E-state index contributed by atoms with van der Waals surface area (Å²) in [5.41, 5.74) is 6.92. The molecule has 1 aromatic carbocycles. The molecular formula is C12H12BrN3OS. The predicted octanol–water partition coefficient (Wildman–Crippen LogP) is 2.29. The van der Waals surface area contributed by atoms with Crippen molar-refractivity contribution in [3.63, 3.8) is 0 Å². The molecule has 0 aliphatic carbocycles. The molecule has 2 rings (SSSR count). The van der Waals surface area contributed by atoms with Gasteiger partial charge in [0.25, 0.3) is 5.91 Å². The molecule has 0 radical (unpaired) electrons. The third-order valence-corrected chi connectivity index (χ3v) is 3.67. The van der Waals surface area contributed by atoms with E-state index in [0.717, 1.165) is 15.0 Å². The molecule has 1 amide bonds. The molecule has 18 heavy (non-hydrogen) atoms. The number of nitrogens with two attached hydrogens (primary N) is 1. The van der Waals surface area contributed by atoms with Gasteiger partial charge in [-0.1, -0.05) is 28.1 Å². The van der Waals surface area contributed by atoms with Gasteiger partial charge in [-0.2, -0.15) is 0 Å². The number of amides is 1. The molecule has 0 fully saturated rings. The molecule has 2 aromatic rings. The number of aromatic nitrogens is 1. The van der Waals surface area contributed by atoms with Gasteiger partial charge in [0.1, 0.15) is 10.7 Å². The van der Waals surface area contributed by atoms with E-state index in [1.165, 1.54) is 11.3 Å². The Morgan fingerprint density at radius 3 is 3.00 bits per heavy atom. The average Bonchev–Trinajstić information content (AvgIpc) is 2.85. The van der Waals surface area contributed by atoms with Crippen molar-refractivity contribution in [3.05, 3.63) is 50.4 Å². The quantitative estimate of drug-likeness (QED) is 0.906. The van der Waals surface area contributed by atoms with Crippen LogP contribution in [0.25, 0.3) is 0 Å². The van der Waals surface area contributed by atoms with Gasteiger partial charge in [0.05, 0.1) is 0 Å². The molecule has 0 atom stereocenters. The van der Waals surface area contributed by atoms with Gasteiger partial charge in [-0.3, -0.25) is 4.79 Å². The number of halogens is 1. The highest BCUT2D eigenvalue weighted by atomic mass is 79.9. The van der Waals surface area contributed by atoms with Crippen LogP contribution in [-0.2, 0) is 13.1 Å². The van der Waals surface area contributed by atoms with E-state index in [1.807, 2.05) is 24.3 Å². The Morgan fingerprint density at radius 1 is 1.50 bits per heavy atom. The van der Waals surface area contributed by atoms with E-state index < -0.39 is 0 Å². The number of carbonyl (C=O) groups excluding carboxylic acids is 1. The SMILES string of the molecule is NCc1nc(C(=O)NCc2cccc(Br)c2)cs1. The average molecular weight is 326 g/mol. The van der Waals surface area contributed by atoms with Gasteiger partial charge in [-0.05, 0) is 17.7 Å². The molecule has 0 saturated carbocycles. The van der Waals surface area contributed by atoms with Crippen molar-refractivity contribution in [2.75, 3.05) is 0 Å². The van der Waals surface area contributed by atoms with Gasteiger partial charge in [0.2, 0.25) is 0 Å². The first-order chi connectivity index (χ1) is 8.69. The first-order valence-electron chi connectivity index (χ1n) is 5.36. The lowest BCUT2D eigenvalue weighted by Crippen LogP contribution is -2.23. The predicted molar refractivity (Wildman–Crippen MR) is 75.3 cm³/mol. The van der Waals surface area contributed by atoms with Gasteiger partial charge in [-0.25, -0.2) is 4.98 Å². The van der Waals surface area contributed by atoms with Crippen molar-refractivity contribution >= 4 is 33.2 Å².